The van der Waals surface area contributed by atoms with Crippen molar-refractivity contribution in [2.75, 3.05) is 18.0 Å². The van der Waals surface area contributed by atoms with Gasteiger partial charge in [-0.1, -0.05) is 23.7 Å². The van der Waals surface area contributed by atoms with Crippen LogP contribution in [-0.2, 0) is 4.79 Å². The Bertz CT molecular complexity index is 451. The fraction of sp³-hybridized carbons (Fsp3) is 0.308. The lowest BCUT2D eigenvalue weighted by atomic mass is 10.1. The van der Waals surface area contributed by atoms with E-state index in [4.69, 9.17) is 16.7 Å². The highest BCUT2D eigenvalue weighted by Gasteiger charge is 2.17. The Morgan fingerprint density at radius 2 is 2.06 bits per heavy atom. The summed E-state index contributed by atoms with van der Waals surface area (Å²) in [6.45, 7) is 1.97. The summed E-state index contributed by atoms with van der Waals surface area (Å²) in [5, 5.41) is 9.35. The maximum absolute atomic E-state index is 10.6. The van der Waals surface area contributed by atoms with E-state index in [-0.39, 0.29) is 0 Å². The molecule has 3 nitrogen and oxygen atoms in total. The van der Waals surface area contributed by atoms with Crippen LogP contribution in [0.15, 0.2) is 24.3 Å². The van der Waals surface area contributed by atoms with Gasteiger partial charge >= 0.3 is 5.97 Å². The molecule has 0 saturated carbocycles. The lowest BCUT2D eigenvalue weighted by Crippen LogP contribution is -2.19. The first kappa shape index (κ1) is 12.0. The van der Waals surface area contributed by atoms with Crippen molar-refractivity contribution in [1.82, 2.24) is 0 Å². The first-order valence-electron chi connectivity index (χ1n) is 5.63. The van der Waals surface area contributed by atoms with Crippen LogP contribution in [0.1, 0.15) is 18.4 Å². The Hall–Kier alpha value is -1.48. The average Bonchev–Trinajstić information content (AvgIpc) is 2.79. The molecule has 1 aromatic rings. The number of para-hydroxylation sites is 1. The van der Waals surface area contributed by atoms with E-state index in [1.54, 1.807) is 6.08 Å². The summed E-state index contributed by atoms with van der Waals surface area (Å²) in [4.78, 5) is 12.8. The normalized spacial score (nSPS) is 15.7. The molecule has 1 aliphatic rings. The van der Waals surface area contributed by atoms with Crippen LogP contribution in [0.25, 0.3) is 6.08 Å². The van der Waals surface area contributed by atoms with Gasteiger partial charge in [0.15, 0.2) is 0 Å². The van der Waals surface area contributed by atoms with Crippen molar-refractivity contribution in [2.45, 2.75) is 12.8 Å². The number of rotatable bonds is 3. The third-order valence-corrected chi connectivity index (χ3v) is 3.15. The number of hydrogen-bond acceptors (Lipinski definition) is 2. The summed E-state index contributed by atoms with van der Waals surface area (Å²) in [7, 11) is 0. The SMILES string of the molecule is O=C(O)/C=C/c1cccc(Cl)c1N1CCCC1. The van der Waals surface area contributed by atoms with E-state index >= 15 is 0 Å². The topological polar surface area (TPSA) is 40.5 Å². The number of carboxylic acid groups (broad SMARTS) is 1. The molecule has 0 bridgehead atoms. The standard InChI is InChI=1S/C13H14ClNO2/c14-11-5-3-4-10(6-7-12(16)17)13(11)15-8-1-2-9-15/h3-7H,1-2,8-9H2,(H,16,17)/b7-6+. The van der Waals surface area contributed by atoms with Gasteiger partial charge in [0.2, 0.25) is 0 Å². The Labute approximate surface area is 105 Å². The molecule has 90 valence electrons. The summed E-state index contributed by atoms with van der Waals surface area (Å²) >= 11 is 6.20. The van der Waals surface area contributed by atoms with E-state index in [0.717, 1.165) is 43.3 Å². The van der Waals surface area contributed by atoms with E-state index in [1.807, 2.05) is 18.2 Å². The molecule has 0 aliphatic carbocycles. The second-order valence-electron chi connectivity index (χ2n) is 4.04. The van der Waals surface area contributed by atoms with E-state index in [2.05, 4.69) is 4.90 Å². The Morgan fingerprint density at radius 3 is 2.71 bits per heavy atom. The summed E-state index contributed by atoms with van der Waals surface area (Å²) in [6, 6.07) is 5.57. The molecule has 0 spiro atoms. The largest absolute Gasteiger partial charge is 0.478 e. The van der Waals surface area contributed by atoms with E-state index in [9.17, 15) is 4.79 Å². The minimum absolute atomic E-state index is 0.680. The zero-order valence-electron chi connectivity index (χ0n) is 9.40. The minimum Gasteiger partial charge on any atom is -0.478 e. The zero-order chi connectivity index (χ0) is 12.3. The van der Waals surface area contributed by atoms with Crippen LogP contribution >= 0.6 is 11.6 Å². The van der Waals surface area contributed by atoms with Gasteiger partial charge in [-0.05, 0) is 30.5 Å². The maximum Gasteiger partial charge on any atom is 0.328 e. The second kappa shape index (κ2) is 5.23. The van der Waals surface area contributed by atoms with Crippen molar-refractivity contribution >= 4 is 29.3 Å². The number of carbonyl (C=O) groups is 1. The van der Waals surface area contributed by atoms with Crippen molar-refractivity contribution in [3.05, 3.63) is 34.9 Å². The van der Waals surface area contributed by atoms with E-state index in [0.29, 0.717) is 5.02 Å². The highest BCUT2D eigenvalue weighted by molar-refractivity contribution is 6.33. The highest BCUT2D eigenvalue weighted by Crippen LogP contribution is 2.33. The van der Waals surface area contributed by atoms with Crippen LogP contribution in [0.3, 0.4) is 0 Å². The van der Waals surface area contributed by atoms with Crippen LogP contribution in [0.2, 0.25) is 5.02 Å². The molecule has 1 N–H and O–H groups in total. The monoisotopic (exact) mass is 251 g/mol. The third-order valence-electron chi connectivity index (χ3n) is 2.85. The van der Waals surface area contributed by atoms with Crippen molar-refractivity contribution in [1.29, 1.82) is 0 Å². The summed E-state index contributed by atoms with van der Waals surface area (Å²) < 4.78 is 0. The van der Waals surface area contributed by atoms with Crippen LogP contribution in [0.5, 0.6) is 0 Å². The number of nitrogens with zero attached hydrogens (tertiary/aromatic N) is 1. The fourth-order valence-electron chi connectivity index (χ4n) is 2.10. The van der Waals surface area contributed by atoms with Gasteiger partial charge in [0.05, 0.1) is 10.7 Å². The predicted molar refractivity (Wildman–Crippen MR) is 69.6 cm³/mol. The molecular weight excluding hydrogens is 238 g/mol. The van der Waals surface area contributed by atoms with Crippen LogP contribution in [-0.4, -0.2) is 24.2 Å². The van der Waals surface area contributed by atoms with Gasteiger partial charge in [0.25, 0.3) is 0 Å². The number of aliphatic carboxylic acids is 1. The zero-order valence-corrected chi connectivity index (χ0v) is 10.2. The quantitative estimate of drug-likeness (QED) is 0.840. The number of halogens is 1. The average molecular weight is 252 g/mol. The van der Waals surface area contributed by atoms with Gasteiger partial charge in [0, 0.05) is 19.2 Å². The van der Waals surface area contributed by atoms with Gasteiger partial charge in [-0.2, -0.15) is 0 Å². The molecular formula is C13H14ClNO2. The highest BCUT2D eigenvalue weighted by atomic mass is 35.5. The predicted octanol–water partition coefficient (Wildman–Crippen LogP) is 3.04. The minimum atomic E-state index is -0.947. The molecule has 1 aliphatic heterocycles. The van der Waals surface area contributed by atoms with Crippen LogP contribution in [0, 0.1) is 0 Å². The molecule has 0 unspecified atom stereocenters. The molecule has 0 radical (unpaired) electrons. The van der Waals surface area contributed by atoms with E-state index < -0.39 is 5.97 Å². The summed E-state index contributed by atoms with van der Waals surface area (Å²) in [6.07, 6.45) is 5.06. The lowest BCUT2D eigenvalue weighted by Gasteiger charge is -2.21. The molecule has 1 aromatic carbocycles. The van der Waals surface area contributed by atoms with Gasteiger partial charge in [-0.25, -0.2) is 4.79 Å². The molecule has 17 heavy (non-hydrogen) atoms. The van der Waals surface area contributed by atoms with E-state index in [1.165, 1.54) is 0 Å². The van der Waals surface area contributed by atoms with Gasteiger partial charge < -0.3 is 10.0 Å². The van der Waals surface area contributed by atoms with Gasteiger partial charge in [-0.3, -0.25) is 0 Å². The van der Waals surface area contributed by atoms with Crippen molar-refractivity contribution in [3.63, 3.8) is 0 Å². The number of anilines is 1. The summed E-state index contributed by atoms with van der Waals surface area (Å²) in [5.41, 5.74) is 1.81. The van der Waals surface area contributed by atoms with Gasteiger partial charge in [-0.15, -0.1) is 0 Å². The second-order valence-corrected chi connectivity index (χ2v) is 4.45. The fourth-order valence-corrected chi connectivity index (χ4v) is 2.40. The molecule has 4 heteroatoms. The third kappa shape index (κ3) is 2.80. The molecule has 0 atom stereocenters. The smallest absolute Gasteiger partial charge is 0.328 e. The summed E-state index contributed by atoms with van der Waals surface area (Å²) in [5.74, 6) is -0.947. The molecule has 1 fully saturated rings. The van der Waals surface area contributed by atoms with Crippen LogP contribution < -0.4 is 4.90 Å². The van der Waals surface area contributed by atoms with Crippen LogP contribution in [0.4, 0.5) is 5.69 Å². The Morgan fingerprint density at radius 1 is 1.35 bits per heavy atom. The number of benzene rings is 1. The maximum atomic E-state index is 10.6. The van der Waals surface area contributed by atoms with Crippen molar-refractivity contribution in [3.8, 4) is 0 Å². The molecule has 2 rings (SSSR count). The molecule has 0 aromatic heterocycles. The molecule has 1 saturated heterocycles. The lowest BCUT2D eigenvalue weighted by molar-refractivity contribution is -0.131. The molecule has 0 amide bonds. The number of carboxylic acids is 1. The van der Waals surface area contributed by atoms with Crippen molar-refractivity contribution < 1.29 is 9.90 Å². The first-order chi connectivity index (χ1) is 8.18. The first-order valence-corrected chi connectivity index (χ1v) is 6.01. The van der Waals surface area contributed by atoms with Crippen molar-refractivity contribution in [2.24, 2.45) is 0 Å². The van der Waals surface area contributed by atoms with Gasteiger partial charge in [0.1, 0.15) is 0 Å². The number of hydrogen-bond donors (Lipinski definition) is 1. The Kier molecular flexibility index (Phi) is 3.69. The molecule has 1 heterocycles. The Balaban J connectivity index is 2.37.